The van der Waals surface area contributed by atoms with Crippen LogP contribution in [0.15, 0.2) is 89.8 Å². The summed E-state index contributed by atoms with van der Waals surface area (Å²) >= 11 is 1.51. The fourth-order valence-electron chi connectivity index (χ4n) is 3.67. The maximum atomic E-state index is 13.6. The molecular formula is C26H21N3OS. The van der Waals surface area contributed by atoms with Crippen LogP contribution < -0.4 is 5.32 Å². The summed E-state index contributed by atoms with van der Waals surface area (Å²) in [7, 11) is 0. The highest BCUT2D eigenvalue weighted by molar-refractivity contribution is 7.98. The number of pyridine rings is 1. The molecule has 0 aliphatic carbocycles. The minimum atomic E-state index is -0.388. The molecule has 0 saturated carbocycles. The number of nitrogens with one attached hydrogen (secondary N) is 1. The predicted octanol–water partition coefficient (Wildman–Crippen LogP) is 6.01. The van der Waals surface area contributed by atoms with Crippen molar-refractivity contribution in [3.05, 3.63) is 96.1 Å². The number of thioether (sulfide) groups is 1. The largest absolute Gasteiger partial charge is 0.344 e. The lowest BCUT2D eigenvalue weighted by molar-refractivity contribution is 0.0936. The molecule has 0 saturated heterocycles. The van der Waals surface area contributed by atoms with Gasteiger partial charge >= 0.3 is 0 Å². The fourth-order valence-corrected chi connectivity index (χ4v) is 4.43. The van der Waals surface area contributed by atoms with E-state index in [0.29, 0.717) is 5.56 Å². The molecule has 31 heavy (non-hydrogen) atoms. The van der Waals surface area contributed by atoms with Crippen molar-refractivity contribution in [2.75, 3.05) is 6.26 Å². The highest BCUT2D eigenvalue weighted by atomic mass is 32.2. The molecule has 5 heteroatoms. The Morgan fingerprint density at radius 3 is 2.32 bits per heavy atom. The number of hydrogen-bond acceptors (Lipinski definition) is 4. The van der Waals surface area contributed by atoms with E-state index in [0.717, 1.165) is 32.6 Å². The Morgan fingerprint density at radius 2 is 1.65 bits per heavy atom. The second kappa shape index (κ2) is 9.46. The summed E-state index contributed by atoms with van der Waals surface area (Å²) in [6, 6.07) is 29.0. The van der Waals surface area contributed by atoms with E-state index in [2.05, 4.69) is 11.4 Å². The van der Waals surface area contributed by atoms with Crippen LogP contribution in [-0.4, -0.2) is 17.1 Å². The number of aromatic nitrogens is 1. The van der Waals surface area contributed by atoms with Crippen LogP contribution in [0.4, 0.5) is 0 Å². The van der Waals surface area contributed by atoms with Gasteiger partial charge in [0, 0.05) is 15.8 Å². The molecule has 4 nitrogen and oxygen atoms in total. The van der Waals surface area contributed by atoms with Crippen LogP contribution in [0.5, 0.6) is 0 Å². The zero-order chi connectivity index (χ0) is 21.6. The number of carbonyl (C=O) groups excluding carboxylic acids is 1. The number of para-hydroxylation sites is 1. The molecule has 0 bridgehead atoms. The predicted molar refractivity (Wildman–Crippen MR) is 126 cm³/mol. The zero-order valence-corrected chi connectivity index (χ0v) is 17.9. The third kappa shape index (κ3) is 4.30. The second-order valence-corrected chi connectivity index (χ2v) is 7.87. The minimum absolute atomic E-state index is 0.193. The molecule has 0 aliphatic heterocycles. The van der Waals surface area contributed by atoms with Crippen molar-refractivity contribution in [1.29, 1.82) is 5.26 Å². The minimum Gasteiger partial charge on any atom is -0.344 e. The van der Waals surface area contributed by atoms with Gasteiger partial charge in [-0.05, 0) is 17.9 Å². The van der Waals surface area contributed by atoms with Crippen molar-refractivity contribution in [2.45, 2.75) is 17.4 Å². The number of nitriles is 1. The van der Waals surface area contributed by atoms with Gasteiger partial charge in [-0.25, -0.2) is 4.98 Å². The summed E-state index contributed by atoms with van der Waals surface area (Å²) in [5, 5.41) is 13.2. The first-order valence-corrected chi connectivity index (χ1v) is 11.2. The first-order valence-electron chi connectivity index (χ1n) is 9.98. The van der Waals surface area contributed by atoms with Crippen LogP contribution in [0, 0.1) is 11.3 Å². The second-order valence-electron chi connectivity index (χ2n) is 7.05. The average Bonchev–Trinajstić information content (AvgIpc) is 2.83. The van der Waals surface area contributed by atoms with E-state index in [9.17, 15) is 10.1 Å². The van der Waals surface area contributed by atoms with Gasteiger partial charge < -0.3 is 5.32 Å². The van der Waals surface area contributed by atoms with E-state index in [4.69, 9.17) is 4.98 Å². The molecule has 1 heterocycles. The topological polar surface area (TPSA) is 65.8 Å². The highest BCUT2D eigenvalue weighted by Crippen LogP contribution is 2.36. The summed E-state index contributed by atoms with van der Waals surface area (Å²) in [6.45, 7) is 0. The van der Waals surface area contributed by atoms with Crippen LogP contribution in [0.2, 0.25) is 0 Å². The normalized spacial score (nSPS) is 11.6. The van der Waals surface area contributed by atoms with Crippen molar-refractivity contribution in [1.82, 2.24) is 10.3 Å². The highest BCUT2D eigenvalue weighted by Gasteiger charge is 2.23. The van der Waals surface area contributed by atoms with E-state index in [1.807, 2.05) is 91.2 Å². The summed E-state index contributed by atoms with van der Waals surface area (Å²) in [4.78, 5) is 19.3. The Morgan fingerprint density at radius 1 is 1.00 bits per heavy atom. The summed E-state index contributed by atoms with van der Waals surface area (Å²) in [6.07, 6.45) is 2.15. The number of fused-ring (bicyclic) bond motifs is 1. The van der Waals surface area contributed by atoms with Crippen LogP contribution >= 0.6 is 11.8 Å². The Balaban J connectivity index is 1.85. The van der Waals surface area contributed by atoms with Gasteiger partial charge in [0.15, 0.2) is 0 Å². The third-order valence-electron chi connectivity index (χ3n) is 5.13. The number of amides is 1. The fraction of sp³-hybridized carbons (Fsp3) is 0.115. The first-order chi connectivity index (χ1) is 15.2. The SMILES string of the molecule is CSc1c(-c2ccccc2)nc2ccccc2c1C(=O)NC(CC#N)c1ccccc1. The molecule has 1 unspecified atom stereocenters. The van der Waals surface area contributed by atoms with Gasteiger partial charge in [-0.15, -0.1) is 11.8 Å². The maximum absolute atomic E-state index is 13.6. The molecular weight excluding hydrogens is 402 g/mol. The molecule has 152 valence electrons. The molecule has 1 amide bonds. The number of nitrogens with zero attached hydrogens (tertiary/aromatic N) is 2. The Kier molecular flexibility index (Phi) is 6.30. The summed E-state index contributed by atoms with van der Waals surface area (Å²) < 4.78 is 0. The van der Waals surface area contributed by atoms with Crippen molar-refractivity contribution < 1.29 is 4.79 Å². The molecule has 3 aromatic carbocycles. The Hall–Kier alpha value is -3.62. The van der Waals surface area contributed by atoms with Gasteiger partial charge in [0.05, 0.1) is 35.3 Å². The summed E-state index contributed by atoms with van der Waals surface area (Å²) in [5.74, 6) is -0.204. The molecule has 0 spiro atoms. The number of rotatable bonds is 6. The lowest BCUT2D eigenvalue weighted by Gasteiger charge is -2.20. The molecule has 1 aromatic heterocycles. The van der Waals surface area contributed by atoms with Crippen LogP contribution in [0.25, 0.3) is 22.2 Å². The molecule has 1 atom stereocenters. The van der Waals surface area contributed by atoms with Gasteiger partial charge in [0.1, 0.15) is 0 Å². The van der Waals surface area contributed by atoms with Crippen LogP contribution in [-0.2, 0) is 0 Å². The monoisotopic (exact) mass is 423 g/mol. The zero-order valence-electron chi connectivity index (χ0n) is 17.1. The smallest absolute Gasteiger partial charge is 0.253 e. The molecule has 1 N–H and O–H groups in total. The standard InChI is InChI=1S/C26H21N3OS/c1-31-25-23(26(30)29-21(16-17-27)18-10-4-2-5-11-18)20-14-8-9-15-22(20)28-24(25)19-12-6-3-7-13-19/h2-15,21H,16H2,1H3,(H,29,30). The molecule has 0 aliphatic rings. The van der Waals surface area contributed by atoms with E-state index in [1.54, 1.807) is 0 Å². The van der Waals surface area contributed by atoms with Crippen molar-refractivity contribution in [2.24, 2.45) is 0 Å². The molecule has 0 radical (unpaired) electrons. The third-order valence-corrected chi connectivity index (χ3v) is 5.93. The lowest BCUT2D eigenvalue weighted by Crippen LogP contribution is -2.29. The van der Waals surface area contributed by atoms with Gasteiger partial charge in [0.25, 0.3) is 5.91 Å². The number of carbonyl (C=O) groups is 1. The van der Waals surface area contributed by atoms with Crippen molar-refractivity contribution in [3.63, 3.8) is 0 Å². The van der Waals surface area contributed by atoms with E-state index in [-0.39, 0.29) is 18.4 Å². The molecule has 0 fully saturated rings. The van der Waals surface area contributed by atoms with Gasteiger partial charge in [-0.2, -0.15) is 5.26 Å². The average molecular weight is 424 g/mol. The quantitative estimate of drug-likeness (QED) is 0.386. The van der Waals surface area contributed by atoms with Crippen molar-refractivity contribution in [3.8, 4) is 17.3 Å². The van der Waals surface area contributed by atoms with Gasteiger partial charge in [0.2, 0.25) is 0 Å². The number of hydrogen-bond donors (Lipinski definition) is 1. The van der Waals surface area contributed by atoms with Gasteiger partial charge in [-0.3, -0.25) is 4.79 Å². The number of benzene rings is 3. The van der Waals surface area contributed by atoms with E-state index >= 15 is 0 Å². The van der Waals surface area contributed by atoms with Crippen molar-refractivity contribution >= 4 is 28.6 Å². The maximum Gasteiger partial charge on any atom is 0.253 e. The summed E-state index contributed by atoms with van der Waals surface area (Å²) in [5.41, 5.74) is 4.01. The first kappa shape index (κ1) is 20.6. The van der Waals surface area contributed by atoms with E-state index < -0.39 is 0 Å². The van der Waals surface area contributed by atoms with Gasteiger partial charge in [-0.1, -0.05) is 78.9 Å². The lowest BCUT2D eigenvalue weighted by atomic mass is 10.0. The Labute approximate surface area is 185 Å². The molecule has 4 aromatic rings. The van der Waals surface area contributed by atoms with E-state index in [1.165, 1.54) is 11.8 Å². The van der Waals surface area contributed by atoms with Crippen LogP contribution in [0.3, 0.4) is 0 Å². The Bertz CT molecular complexity index is 1250. The molecule has 4 rings (SSSR count). The van der Waals surface area contributed by atoms with Crippen LogP contribution in [0.1, 0.15) is 28.4 Å².